The Hall–Kier alpha value is 1.27. The molecule has 0 aromatic heterocycles. The molecule has 0 radical (unpaired) electrons. The van der Waals surface area contributed by atoms with E-state index in [1.165, 1.54) is 0 Å². The number of hydrogen-bond donors (Lipinski definition) is 1. The van der Waals surface area contributed by atoms with E-state index in [-0.39, 0.29) is 57.9 Å². The zero-order valence-corrected chi connectivity index (χ0v) is 2.27. The summed E-state index contributed by atoms with van der Waals surface area (Å²) in [7, 11) is 0. The number of nitrogens with two attached hydrogens (primary N) is 1. The van der Waals surface area contributed by atoms with Gasteiger partial charge in [-0.25, -0.2) is 0 Å². The fourth-order valence-electron chi connectivity index (χ4n) is 0. The van der Waals surface area contributed by atoms with Gasteiger partial charge in [0.25, 0.3) is 0 Å². The molecule has 2 N–H and O–H groups in total. The number of hydrogen-bond acceptors (Lipinski definition) is 2. The van der Waals surface area contributed by atoms with E-state index < -0.39 is 0 Å². The predicted molar refractivity (Wildman–Crippen MR) is 22.3 cm³/mol. The van der Waals surface area contributed by atoms with Crippen molar-refractivity contribution in [2.75, 3.05) is 6.54 Å². The van der Waals surface area contributed by atoms with Crippen molar-refractivity contribution in [1.82, 2.24) is 0 Å². The van der Waals surface area contributed by atoms with Crippen LogP contribution in [0.1, 0.15) is 0 Å². The van der Waals surface area contributed by atoms with E-state index in [1.807, 2.05) is 0 Å². The zero-order valence-electron chi connectivity index (χ0n) is 2.27. The summed E-state index contributed by atoms with van der Waals surface area (Å²) in [5, 5.41) is 0. The van der Waals surface area contributed by atoms with E-state index in [4.69, 9.17) is 4.79 Å². The van der Waals surface area contributed by atoms with Crippen LogP contribution in [-0.4, -0.2) is 64.2 Å². The Kier molecular flexibility index (Phi) is 17.2. The molecule has 0 rings (SSSR count). The van der Waals surface area contributed by atoms with Gasteiger partial charge >= 0.3 is 51.4 Å². The monoisotopic (exact) mass is 99.0 g/mol. The van der Waals surface area contributed by atoms with Crippen LogP contribution >= 0.6 is 0 Å². The molecule has 2 nitrogen and oxygen atoms in total. The fraction of sp³-hybridized carbons (Fsp3) is 0.500. The standard InChI is InChI=1S/C2H5NO.K.H/c3-1-2-4;;/h2H,1,3H2;;. The molecule has 0 aromatic carbocycles. The van der Waals surface area contributed by atoms with Crippen LogP contribution < -0.4 is 5.73 Å². The Bertz CT molecular complexity index is 23.6. The van der Waals surface area contributed by atoms with Gasteiger partial charge in [-0.3, -0.25) is 0 Å². The average Bonchev–Trinajstić information content (AvgIpc) is 1.37. The third kappa shape index (κ3) is 10.9. The van der Waals surface area contributed by atoms with Gasteiger partial charge in [0.05, 0.1) is 0 Å². The molecule has 3 heteroatoms. The van der Waals surface area contributed by atoms with Gasteiger partial charge in [0.1, 0.15) is 6.29 Å². The quantitative estimate of drug-likeness (QED) is 0.321. The van der Waals surface area contributed by atoms with Gasteiger partial charge < -0.3 is 10.5 Å². The Morgan fingerprint density at radius 2 is 2.00 bits per heavy atom. The summed E-state index contributed by atoms with van der Waals surface area (Å²) in [6.45, 7) is 0.139. The van der Waals surface area contributed by atoms with Gasteiger partial charge in [0.15, 0.2) is 0 Å². The normalized spacial score (nSPS) is 5.00. The van der Waals surface area contributed by atoms with Crippen LogP contribution in [0.3, 0.4) is 0 Å². The third-order valence-electron chi connectivity index (χ3n) is 0.0962. The number of carbonyl (C=O) groups is 1. The Morgan fingerprint density at radius 3 is 2.00 bits per heavy atom. The molecular formula is C2H6KNO. The molecule has 5 heavy (non-hydrogen) atoms. The summed E-state index contributed by atoms with van der Waals surface area (Å²) < 4.78 is 0. The van der Waals surface area contributed by atoms with E-state index in [9.17, 15) is 0 Å². The molecule has 0 aliphatic rings. The number of rotatable bonds is 1. The molecule has 0 amide bonds. The molecule has 0 fully saturated rings. The maximum absolute atomic E-state index is 9.05. The SMILES string of the molecule is NCC=O.[KH]. The number of carbonyl (C=O) groups excluding carboxylic acids is 1. The van der Waals surface area contributed by atoms with Crippen LogP contribution in [0.2, 0.25) is 0 Å². The summed E-state index contributed by atoms with van der Waals surface area (Å²) in [4.78, 5) is 9.05. The minimum atomic E-state index is 0. The van der Waals surface area contributed by atoms with Crippen LogP contribution in [0.15, 0.2) is 0 Å². The van der Waals surface area contributed by atoms with Gasteiger partial charge in [-0.2, -0.15) is 0 Å². The molecule has 0 aliphatic carbocycles. The second-order valence-corrected chi connectivity index (χ2v) is 0.402. The molecule has 26 valence electrons. The minimum absolute atomic E-state index is 0. The van der Waals surface area contributed by atoms with Crippen molar-refractivity contribution < 1.29 is 4.79 Å². The molecule has 0 atom stereocenters. The van der Waals surface area contributed by atoms with Gasteiger partial charge in [-0.1, -0.05) is 0 Å². The molecule has 0 saturated heterocycles. The van der Waals surface area contributed by atoms with E-state index in [2.05, 4.69) is 5.73 Å². The second-order valence-electron chi connectivity index (χ2n) is 0.402. The van der Waals surface area contributed by atoms with Crippen molar-refractivity contribution >= 4 is 57.7 Å². The van der Waals surface area contributed by atoms with Crippen molar-refractivity contribution in [3.63, 3.8) is 0 Å². The van der Waals surface area contributed by atoms with Gasteiger partial charge in [-0.05, 0) is 0 Å². The van der Waals surface area contributed by atoms with Gasteiger partial charge in [0, 0.05) is 6.54 Å². The summed E-state index contributed by atoms with van der Waals surface area (Å²) >= 11 is 0. The average molecular weight is 99.2 g/mol. The topological polar surface area (TPSA) is 43.1 Å². The van der Waals surface area contributed by atoms with Crippen molar-refractivity contribution in [3.8, 4) is 0 Å². The molecule has 0 aromatic rings. The van der Waals surface area contributed by atoms with Crippen molar-refractivity contribution in [2.24, 2.45) is 5.73 Å². The van der Waals surface area contributed by atoms with Crippen molar-refractivity contribution in [2.45, 2.75) is 0 Å². The van der Waals surface area contributed by atoms with Gasteiger partial charge in [-0.15, -0.1) is 0 Å². The van der Waals surface area contributed by atoms with Crippen LogP contribution in [-0.2, 0) is 4.79 Å². The second kappa shape index (κ2) is 8.98. The maximum atomic E-state index is 9.05. The third-order valence-corrected chi connectivity index (χ3v) is 0.0962. The summed E-state index contributed by atoms with van der Waals surface area (Å²) in [5.41, 5.74) is 4.66. The van der Waals surface area contributed by atoms with Crippen molar-refractivity contribution in [1.29, 1.82) is 0 Å². The summed E-state index contributed by atoms with van der Waals surface area (Å²) in [5.74, 6) is 0. The summed E-state index contributed by atoms with van der Waals surface area (Å²) in [6, 6.07) is 0. The summed E-state index contributed by atoms with van der Waals surface area (Å²) in [6.07, 6.45) is 0.653. The van der Waals surface area contributed by atoms with Gasteiger partial charge in [0.2, 0.25) is 0 Å². The van der Waals surface area contributed by atoms with E-state index in [0.717, 1.165) is 0 Å². The molecule has 0 heterocycles. The van der Waals surface area contributed by atoms with Crippen LogP contribution in [0, 0.1) is 0 Å². The molecule has 0 unspecified atom stereocenters. The first-order valence-electron chi connectivity index (χ1n) is 1.05. The Morgan fingerprint density at radius 1 is 1.80 bits per heavy atom. The van der Waals surface area contributed by atoms with Crippen molar-refractivity contribution in [3.05, 3.63) is 0 Å². The molecule has 0 saturated carbocycles. The van der Waals surface area contributed by atoms with E-state index in [1.54, 1.807) is 0 Å². The Labute approximate surface area is 73.5 Å². The first kappa shape index (κ1) is 9.55. The zero-order chi connectivity index (χ0) is 3.41. The predicted octanol–water partition coefficient (Wildman–Crippen LogP) is -1.50. The first-order valence-corrected chi connectivity index (χ1v) is 1.05. The number of aldehydes is 1. The van der Waals surface area contributed by atoms with Crippen LogP contribution in [0.4, 0.5) is 0 Å². The molecule has 0 bridgehead atoms. The fourth-order valence-corrected chi connectivity index (χ4v) is 0. The first-order chi connectivity index (χ1) is 1.91. The molecule has 0 spiro atoms. The van der Waals surface area contributed by atoms with E-state index in [0.29, 0.717) is 6.29 Å². The molecular weight excluding hydrogens is 93.1 g/mol. The van der Waals surface area contributed by atoms with Crippen LogP contribution in [0.5, 0.6) is 0 Å². The van der Waals surface area contributed by atoms with E-state index >= 15 is 0 Å². The van der Waals surface area contributed by atoms with Crippen LogP contribution in [0.25, 0.3) is 0 Å². The Balaban J connectivity index is 0. The molecule has 0 aliphatic heterocycles.